The third-order valence-corrected chi connectivity index (χ3v) is 4.80. The van der Waals surface area contributed by atoms with Crippen LogP contribution in [0.4, 0.5) is 5.82 Å². The molecule has 26 heavy (non-hydrogen) atoms. The lowest BCUT2D eigenvalue weighted by Gasteiger charge is -2.36. The van der Waals surface area contributed by atoms with Crippen molar-refractivity contribution in [1.82, 2.24) is 24.6 Å². The van der Waals surface area contributed by atoms with Crippen molar-refractivity contribution < 1.29 is 4.42 Å². The van der Waals surface area contributed by atoms with E-state index in [2.05, 4.69) is 33.2 Å². The molecule has 0 radical (unpaired) electrons. The lowest BCUT2D eigenvalue weighted by molar-refractivity contribution is 0.130. The molecule has 3 aromatic heterocycles. The lowest BCUT2D eigenvalue weighted by atomic mass is 10.1. The summed E-state index contributed by atoms with van der Waals surface area (Å²) in [5.74, 6) is 0.874. The Morgan fingerprint density at radius 2 is 2.00 bits per heavy atom. The summed E-state index contributed by atoms with van der Waals surface area (Å²) in [4.78, 5) is 11.1. The van der Waals surface area contributed by atoms with Crippen LogP contribution in [-0.2, 0) is 0 Å². The van der Waals surface area contributed by atoms with Gasteiger partial charge in [-0.2, -0.15) is 5.10 Å². The average molecular weight is 346 g/mol. The van der Waals surface area contributed by atoms with Gasteiger partial charge in [-0.1, -0.05) is 12.1 Å². The molecule has 0 saturated carbocycles. The first-order chi connectivity index (χ1) is 12.7. The van der Waals surface area contributed by atoms with E-state index >= 15 is 0 Å². The number of benzene rings is 1. The number of para-hydroxylation sites is 2. The summed E-state index contributed by atoms with van der Waals surface area (Å²) in [6, 6.07) is 10.0. The van der Waals surface area contributed by atoms with E-state index in [9.17, 15) is 0 Å². The quantitative estimate of drug-likeness (QED) is 0.614. The van der Waals surface area contributed by atoms with Gasteiger partial charge in [-0.3, -0.25) is 4.68 Å². The highest BCUT2D eigenvalue weighted by Crippen LogP contribution is 2.31. The maximum atomic E-state index is 6.08. The van der Waals surface area contributed by atoms with E-state index in [0.717, 1.165) is 35.3 Å². The number of likely N-dealkylation sites (tertiary alicyclic amines) is 1. The van der Waals surface area contributed by atoms with Gasteiger partial charge in [0, 0.05) is 36.6 Å². The Hall–Kier alpha value is -3.19. The molecule has 7 heteroatoms. The molecule has 0 amide bonds. The van der Waals surface area contributed by atoms with Crippen molar-refractivity contribution in [2.24, 2.45) is 0 Å². The Balaban J connectivity index is 1.52. The van der Waals surface area contributed by atoms with Crippen molar-refractivity contribution in [1.29, 1.82) is 0 Å². The summed E-state index contributed by atoms with van der Waals surface area (Å²) in [7, 11) is 2.11. The van der Waals surface area contributed by atoms with Crippen LogP contribution in [0.1, 0.15) is 6.04 Å². The van der Waals surface area contributed by atoms with E-state index in [1.807, 2.05) is 41.2 Å². The van der Waals surface area contributed by atoms with Crippen LogP contribution in [0, 0.1) is 0 Å². The Morgan fingerprint density at radius 1 is 1.15 bits per heavy atom. The van der Waals surface area contributed by atoms with Crippen LogP contribution in [0.5, 0.6) is 0 Å². The van der Waals surface area contributed by atoms with E-state index in [1.54, 1.807) is 6.20 Å². The standard InChI is InChI=1S/C19H18N6O/c1-24-10-14(11-24)25-9-13(8-22-25)12-6-15(18(20)21-7-12)19-23-16-4-2-3-5-17(16)26-19/h2-9,14H,10-11H2,1H3,(H2,20,21). The number of hydrogen-bond acceptors (Lipinski definition) is 6. The van der Waals surface area contributed by atoms with Crippen molar-refractivity contribution in [3.8, 4) is 22.6 Å². The minimum atomic E-state index is 0.397. The van der Waals surface area contributed by atoms with Crippen LogP contribution >= 0.6 is 0 Å². The second-order valence-electron chi connectivity index (χ2n) is 6.73. The van der Waals surface area contributed by atoms with E-state index < -0.39 is 0 Å². The van der Waals surface area contributed by atoms with Crippen molar-refractivity contribution in [2.75, 3.05) is 25.9 Å². The number of nitrogen functional groups attached to an aromatic ring is 1. The van der Waals surface area contributed by atoms with Gasteiger partial charge in [0.15, 0.2) is 5.58 Å². The van der Waals surface area contributed by atoms with E-state index in [-0.39, 0.29) is 0 Å². The molecule has 2 N–H and O–H groups in total. The van der Waals surface area contributed by atoms with Crippen molar-refractivity contribution >= 4 is 16.9 Å². The van der Waals surface area contributed by atoms with Crippen LogP contribution in [0.2, 0.25) is 0 Å². The van der Waals surface area contributed by atoms with Crippen molar-refractivity contribution in [3.63, 3.8) is 0 Å². The molecule has 1 saturated heterocycles. The molecule has 0 bridgehead atoms. The molecule has 1 aliphatic rings. The Kier molecular flexibility index (Phi) is 3.29. The van der Waals surface area contributed by atoms with E-state index in [1.165, 1.54) is 0 Å². The normalized spacial score (nSPS) is 15.4. The SMILES string of the molecule is CN1CC(n2cc(-c3cnc(N)c(-c4nc5ccccc5o4)c3)cn2)C1. The molecule has 0 aliphatic carbocycles. The highest BCUT2D eigenvalue weighted by atomic mass is 16.3. The predicted molar refractivity (Wildman–Crippen MR) is 99.4 cm³/mol. The Bertz CT molecular complexity index is 1060. The van der Waals surface area contributed by atoms with Gasteiger partial charge in [-0.15, -0.1) is 0 Å². The molecule has 4 heterocycles. The molecule has 7 nitrogen and oxygen atoms in total. The molecule has 1 aromatic carbocycles. The monoisotopic (exact) mass is 346 g/mol. The molecule has 1 fully saturated rings. The van der Waals surface area contributed by atoms with Gasteiger partial charge >= 0.3 is 0 Å². The topological polar surface area (TPSA) is 86.0 Å². The summed E-state index contributed by atoms with van der Waals surface area (Å²) >= 11 is 0. The molecule has 5 rings (SSSR count). The van der Waals surface area contributed by atoms with Crippen molar-refractivity contribution in [2.45, 2.75) is 6.04 Å². The molecule has 130 valence electrons. The van der Waals surface area contributed by atoms with E-state index in [4.69, 9.17) is 10.2 Å². The van der Waals surface area contributed by atoms with Crippen LogP contribution < -0.4 is 5.73 Å². The number of rotatable bonds is 3. The van der Waals surface area contributed by atoms with Gasteiger partial charge in [0.05, 0.1) is 17.8 Å². The van der Waals surface area contributed by atoms with E-state index in [0.29, 0.717) is 23.3 Å². The number of fused-ring (bicyclic) bond motifs is 1. The first-order valence-corrected chi connectivity index (χ1v) is 8.52. The Morgan fingerprint density at radius 3 is 2.81 bits per heavy atom. The average Bonchev–Trinajstić information content (AvgIpc) is 3.26. The molecular weight excluding hydrogens is 328 g/mol. The van der Waals surface area contributed by atoms with Gasteiger partial charge in [-0.25, -0.2) is 9.97 Å². The number of aromatic nitrogens is 4. The zero-order chi connectivity index (χ0) is 17.7. The lowest BCUT2D eigenvalue weighted by Crippen LogP contribution is -2.45. The fourth-order valence-electron chi connectivity index (χ4n) is 3.31. The summed E-state index contributed by atoms with van der Waals surface area (Å²) in [5.41, 5.74) is 10.2. The second-order valence-corrected chi connectivity index (χ2v) is 6.73. The highest BCUT2D eigenvalue weighted by molar-refractivity contribution is 5.80. The molecule has 4 aromatic rings. The van der Waals surface area contributed by atoms with Crippen LogP contribution in [0.3, 0.4) is 0 Å². The van der Waals surface area contributed by atoms with Gasteiger partial charge in [-0.05, 0) is 25.2 Å². The molecule has 1 aliphatic heterocycles. The number of anilines is 1. The van der Waals surface area contributed by atoms with Gasteiger partial charge in [0.2, 0.25) is 5.89 Å². The summed E-state index contributed by atoms with van der Waals surface area (Å²) in [6.45, 7) is 2.05. The van der Waals surface area contributed by atoms with Crippen molar-refractivity contribution in [3.05, 3.63) is 48.9 Å². The summed E-state index contributed by atoms with van der Waals surface area (Å²) < 4.78 is 7.87. The van der Waals surface area contributed by atoms with Crippen LogP contribution in [-0.4, -0.2) is 44.8 Å². The molecule has 0 spiro atoms. The maximum absolute atomic E-state index is 6.08. The predicted octanol–water partition coefficient (Wildman–Crippen LogP) is 2.82. The van der Waals surface area contributed by atoms with Crippen LogP contribution in [0.25, 0.3) is 33.7 Å². The van der Waals surface area contributed by atoms with Gasteiger partial charge < -0.3 is 15.1 Å². The smallest absolute Gasteiger partial charge is 0.231 e. The molecule has 0 atom stereocenters. The van der Waals surface area contributed by atoms with Gasteiger partial charge in [0.1, 0.15) is 11.3 Å². The fraction of sp³-hybridized carbons (Fsp3) is 0.211. The minimum absolute atomic E-state index is 0.397. The molecule has 0 unspecified atom stereocenters. The Labute approximate surface area is 150 Å². The third-order valence-electron chi connectivity index (χ3n) is 4.80. The van der Waals surface area contributed by atoms with Crippen LogP contribution in [0.15, 0.2) is 53.3 Å². The zero-order valence-corrected chi connectivity index (χ0v) is 14.3. The highest BCUT2D eigenvalue weighted by Gasteiger charge is 2.25. The van der Waals surface area contributed by atoms with Gasteiger partial charge in [0.25, 0.3) is 0 Å². The number of nitrogens with two attached hydrogens (primary N) is 1. The maximum Gasteiger partial charge on any atom is 0.231 e. The number of hydrogen-bond donors (Lipinski definition) is 1. The first-order valence-electron chi connectivity index (χ1n) is 8.52. The number of nitrogens with zero attached hydrogens (tertiary/aromatic N) is 5. The largest absolute Gasteiger partial charge is 0.436 e. The fourth-order valence-corrected chi connectivity index (χ4v) is 3.31. The molecular formula is C19H18N6O. The zero-order valence-electron chi connectivity index (χ0n) is 14.3. The first kappa shape index (κ1) is 15.1. The minimum Gasteiger partial charge on any atom is -0.436 e. The summed E-state index contributed by atoms with van der Waals surface area (Å²) in [6.07, 6.45) is 5.68. The number of pyridine rings is 1. The third kappa shape index (κ3) is 2.44. The second kappa shape index (κ2) is 5.67. The number of oxazole rings is 1. The summed E-state index contributed by atoms with van der Waals surface area (Å²) in [5, 5.41) is 4.50. The number of likely N-dealkylation sites (N-methyl/N-ethyl adjacent to an activating group) is 1.